The Bertz CT molecular complexity index is 629. The van der Waals surface area contributed by atoms with E-state index in [1.807, 2.05) is 39.2 Å². The number of amides is 1. The van der Waals surface area contributed by atoms with E-state index < -0.39 is 0 Å². The molecule has 1 saturated heterocycles. The van der Waals surface area contributed by atoms with E-state index in [-0.39, 0.29) is 24.1 Å². The van der Waals surface area contributed by atoms with Gasteiger partial charge in [0, 0.05) is 18.1 Å². The van der Waals surface area contributed by atoms with Crippen LogP contribution in [0.3, 0.4) is 0 Å². The topological polar surface area (TPSA) is 50.8 Å². The Kier molecular flexibility index (Phi) is 4.92. The summed E-state index contributed by atoms with van der Waals surface area (Å²) in [6.45, 7) is 6.98. The molecule has 4 atom stereocenters. The van der Waals surface area contributed by atoms with Gasteiger partial charge in [0.25, 0.3) is 5.91 Å². The maximum Gasteiger partial charge on any atom is 0.251 e. The largest absolute Gasteiger partial charge is 0.489 e. The number of benzene rings is 1. The van der Waals surface area contributed by atoms with Gasteiger partial charge in [0.05, 0.1) is 18.2 Å². The molecule has 1 aromatic carbocycles. The number of fused-ring (bicyclic) bond motifs is 1. The molecule has 2 aliphatic rings. The highest BCUT2D eigenvalue weighted by Crippen LogP contribution is 2.41. The van der Waals surface area contributed by atoms with E-state index in [0.717, 1.165) is 18.6 Å². The molecule has 1 aliphatic carbocycles. The number of ether oxygens (including phenoxy) is 2. The first-order chi connectivity index (χ1) is 11.5. The molecule has 0 unspecified atom stereocenters. The summed E-state index contributed by atoms with van der Waals surface area (Å²) < 4.78 is 11.4. The van der Waals surface area contributed by atoms with Crippen molar-refractivity contribution in [3.63, 3.8) is 0 Å². The van der Waals surface area contributed by atoms with Gasteiger partial charge >= 0.3 is 0 Å². The molecule has 2 fully saturated rings. The summed E-state index contributed by atoms with van der Waals surface area (Å²) in [5.41, 5.74) is 1.56. The molecule has 0 aromatic heterocycles. The fourth-order valence-electron chi connectivity index (χ4n) is 3.65. The van der Waals surface area contributed by atoms with E-state index in [2.05, 4.69) is 16.8 Å². The van der Waals surface area contributed by atoms with Crippen LogP contribution in [0.2, 0.25) is 0 Å². The number of hydrogen-bond acceptors (Lipinski definition) is 4. The van der Waals surface area contributed by atoms with Gasteiger partial charge < -0.3 is 19.7 Å². The molecular formula is C19H26N2O3. The summed E-state index contributed by atoms with van der Waals surface area (Å²) in [4.78, 5) is 14.8. The molecule has 3 rings (SSSR count). The zero-order chi connectivity index (χ0) is 17.3. The van der Waals surface area contributed by atoms with Gasteiger partial charge in [-0.2, -0.15) is 0 Å². The predicted octanol–water partition coefficient (Wildman–Crippen LogP) is 2.09. The lowest BCUT2D eigenvalue weighted by molar-refractivity contribution is -0.0664. The van der Waals surface area contributed by atoms with Gasteiger partial charge in [0.2, 0.25) is 0 Å². The molecule has 1 N–H and O–H groups in total. The third kappa shape index (κ3) is 3.32. The van der Waals surface area contributed by atoms with Gasteiger partial charge in [-0.15, -0.1) is 0 Å². The fourth-order valence-corrected chi connectivity index (χ4v) is 3.65. The van der Waals surface area contributed by atoms with Crippen LogP contribution in [-0.4, -0.2) is 56.3 Å². The van der Waals surface area contributed by atoms with Crippen LogP contribution < -0.4 is 10.1 Å². The molecule has 130 valence electrons. The van der Waals surface area contributed by atoms with Crippen LogP contribution in [0.15, 0.2) is 36.4 Å². The number of likely N-dealkylation sites (N-methyl/N-ethyl adjacent to an activating group) is 1. The highest BCUT2D eigenvalue weighted by Gasteiger charge is 2.55. The third-order valence-electron chi connectivity index (χ3n) is 4.82. The molecule has 5 heteroatoms. The molecule has 1 aliphatic heterocycles. The lowest BCUT2D eigenvalue weighted by Crippen LogP contribution is -2.69. The van der Waals surface area contributed by atoms with Crippen molar-refractivity contribution >= 4 is 5.91 Å². The Labute approximate surface area is 143 Å². The smallest absolute Gasteiger partial charge is 0.251 e. The predicted molar refractivity (Wildman–Crippen MR) is 93.3 cm³/mol. The summed E-state index contributed by atoms with van der Waals surface area (Å²) >= 11 is 0. The van der Waals surface area contributed by atoms with Crippen molar-refractivity contribution in [2.75, 3.05) is 27.3 Å². The maximum absolute atomic E-state index is 12.7. The first kappa shape index (κ1) is 17.0. The summed E-state index contributed by atoms with van der Waals surface area (Å²) in [6.07, 6.45) is 1.26. The zero-order valence-corrected chi connectivity index (χ0v) is 14.6. The lowest BCUT2D eigenvalue weighted by atomic mass is 9.71. The summed E-state index contributed by atoms with van der Waals surface area (Å²) in [7, 11) is 4.07. The highest BCUT2D eigenvalue weighted by molar-refractivity contribution is 5.95. The van der Waals surface area contributed by atoms with Crippen LogP contribution in [0.5, 0.6) is 5.75 Å². The third-order valence-corrected chi connectivity index (χ3v) is 4.82. The summed E-state index contributed by atoms with van der Waals surface area (Å²) in [6, 6.07) is 7.67. The standard InChI is InChI=1S/C19H26N2O3/c1-12(2)11-24-14-7-5-6-13(10-14)19(22)20-16-15-8-9-23-18(15)17(16)21(3)4/h5-7,10,15-18H,1,8-9,11H2,2-4H3,(H,20,22)/t15-,16+,17-,18-/m1/s1. The first-order valence-corrected chi connectivity index (χ1v) is 8.43. The SMILES string of the molecule is C=C(C)COc1cccc(C(=O)N[C@H]2[C@H]3CCO[C@H]3[C@@H]2N(C)C)c1. The minimum absolute atomic E-state index is 0.0574. The summed E-state index contributed by atoms with van der Waals surface area (Å²) in [5.74, 6) is 1.05. The van der Waals surface area contributed by atoms with Crippen molar-refractivity contribution in [2.45, 2.75) is 31.5 Å². The van der Waals surface area contributed by atoms with Crippen molar-refractivity contribution in [3.8, 4) is 5.75 Å². The molecule has 24 heavy (non-hydrogen) atoms. The monoisotopic (exact) mass is 330 g/mol. The Morgan fingerprint density at radius 3 is 2.96 bits per heavy atom. The molecule has 1 heterocycles. The van der Waals surface area contributed by atoms with Gasteiger partial charge in [-0.25, -0.2) is 0 Å². The van der Waals surface area contributed by atoms with Crippen LogP contribution in [0, 0.1) is 5.92 Å². The number of carbonyl (C=O) groups excluding carboxylic acids is 1. The Hall–Kier alpha value is -1.85. The molecule has 1 aromatic rings. The molecule has 1 saturated carbocycles. The van der Waals surface area contributed by atoms with Crippen molar-refractivity contribution in [3.05, 3.63) is 42.0 Å². The van der Waals surface area contributed by atoms with Crippen LogP contribution in [0.25, 0.3) is 0 Å². The first-order valence-electron chi connectivity index (χ1n) is 8.43. The van der Waals surface area contributed by atoms with Gasteiger partial charge in [-0.1, -0.05) is 12.6 Å². The second kappa shape index (κ2) is 6.95. The molecular weight excluding hydrogens is 304 g/mol. The fraction of sp³-hybridized carbons (Fsp3) is 0.526. The molecule has 0 radical (unpaired) electrons. The van der Waals surface area contributed by atoms with E-state index in [1.54, 1.807) is 6.07 Å². The minimum atomic E-state index is -0.0574. The van der Waals surface area contributed by atoms with E-state index in [0.29, 0.717) is 23.8 Å². The second-order valence-corrected chi connectivity index (χ2v) is 7.01. The molecule has 5 nitrogen and oxygen atoms in total. The number of hydrogen-bond donors (Lipinski definition) is 1. The Morgan fingerprint density at radius 1 is 1.46 bits per heavy atom. The lowest BCUT2D eigenvalue weighted by Gasteiger charge is -2.50. The molecule has 0 spiro atoms. The maximum atomic E-state index is 12.7. The second-order valence-electron chi connectivity index (χ2n) is 7.01. The number of nitrogens with one attached hydrogen (secondary N) is 1. The Balaban J connectivity index is 1.66. The average molecular weight is 330 g/mol. The van der Waals surface area contributed by atoms with E-state index in [4.69, 9.17) is 9.47 Å². The van der Waals surface area contributed by atoms with Crippen molar-refractivity contribution in [1.29, 1.82) is 0 Å². The normalized spacial score (nSPS) is 28.2. The number of nitrogens with zero attached hydrogens (tertiary/aromatic N) is 1. The van der Waals surface area contributed by atoms with Crippen molar-refractivity contribution < 1.29 is 14.3 Å². The van der Waals surface area contributed by atoms with Gasteiger partial charge in [0.1, 0.15) is 12.4 Å². The average Bonchev–Trinajstić information content (AvgIpc) is 2.93. The van der Waals surface area contributed by atoms with Crippen LogP contribution in [-0.2, 0) is 4.74 Å². The van der Waals surface area contributed by atoms with Crippen LogP contribution in [0.4, 0.5) is 0 Å². The molecule has 0 bridgehead atoms. The Morgan fingerprint density at radius 2 is 2.25 bits per heavy atom. The van der Waals surface area contributed by atoms with Crippen molar-refractivity contribution in [1.82, 2.24) is 10.2 Å². The highest BCUT2D eigenvalue weighted by atomic mass is 16.5. The van der Waals surface area contributed by atoms with E-state index in [1.165, 1.54) is 0 Å². The van der Waals surface area contributed by atoms with E-state index in [9.17, 15) is 4.79 Å². The number of rotatable bonds is 6. The van der Waals surface area contributed by atoms with Gasteiger partial charge in [0.15, 0.2) is 0 Å². The van der Waals surface area contributed by atoms with Crippen LogP contribution >= 0.6 is 0 Å². The summed E-state index contributed by atoms with van der Waals surface area (Å²) in [5, 5.41) is 3.19. The zero-order valence-electron chi connectivity index (χ0n) is 14.6. The number of carbonyl (C=O) groups is 1. The van der Waals surface area contributed by atoms with Gasteiger partial charge in [-0.3, -0.25) is 4.79 Å². The van der Waals surface area contributed by atoms with Crippen LogP contribution in [0.1, 0.15) is 23.7 Å². The van der Waals surface area contributed by atoms with Gasteiger partial charge in [-0.05, 0) is 51.2 Å². The van der Waals surface area contributed by atoms with Crippen molar-refractivity contribution in [2.24, 2.45) is 5.92 Å². The quantitative estimate of drug-likeness (QED) is 0.812. The van der Waals surface area contributed by atoms with E-state index >= 15 is 0 Å². The molecule has 1 amide bonds. The minimum Gasteiger partial charge on any atom is -0.489 e.